The van der Waals surface area contributed by atoms with Crippen LogP contribution in [0, 0.1) is 0 Å². The summed E-state index contributed by atoms with van der Waals surface area (Å²) in [6.07, 6.45) is 9.22. The summed E-state index contributed by atoms with van der Waals surface area (Å²) in [6.45, 7) is 2.80. The van der Waals surface area contributed by atoms with Crippen LogP contribution in [0.25, 0.3) is 0 Å². The molecule has 3 rings (SSSR count). The Hall–Kier alpha value is -2.60. The third kappa shape index (κ3) is 6.20. The van der Waals surface area contributed by atoms with Crippen molar-refractivity contribution >= 4 is 0 Å². The Kier molecular flexibility index (Phi) is 8.29. The molecule has 6 nitrogen and oxygen atoms in total. The molecule has 170 valence electrons. The van der Waals surface area contributed by atoms with Crippen LogP contribution in [-0.4, -0.2) is 33.1 Å². The highest BCUT2D eigenvalue weighted by Crippen LogP contribution is 2.43. The van der Waals surface area contributed by atoms with Gasteiger partial charge in [-0.15, -0.1) is 0 Å². The molecule has 6 heteroatoms. The number of fused-ring (bicyclic) bond motifs is 1. The second-order valence-corrected chi connectivity index (χ2v) is 8.32. The number of phenols is 4. The molecule has 0 fully saturated rings. The molecule has 1 aliphatic rings. The maximum atomic E-state index is 10.3. The van der Waals surface area contributed by atoms with Gasteiger partial charge in [-0.25, -0.2) is 0 Å². The van der Waals surface area contributed by atoms with Gasteiger partial charge in [-0.2, -0.15) is 0 Å². The van der Waals surface area contributed by atoms with Crippen molar-refractivity contribution in [3.05, 3.63) is 41.5 Å². The van der Waals surface area contributed by atoms with E-state index in [4.69, 9.17) is 9.47 Å². The van der Waals surface area contributed by atoms with Gasteiger partial charge in [-0.3, -0.25) is 0 Å². The first-order valence-corrected chi connectivity index (χ1v) is 11.3. The van der Waals surface area contributed by atoms with Crippen molar-refractivity contribution in [3.63, 3.8) is 0 Å². The monoisotopic (exact) mass is 430 g/mol. The SMILES string of the molecule is CCCCCCCCCCO[C@H]1Cc2c(O)cc(O)cc2O[C@@H]1c1ccc(O)c(O)c1. The molecule has 0 bridgehead atoms. The van der Waals surface area contributed by atoms with Crippen LogP contribution in [0.4, 0.5) is 0 Å². The zero-order chi connectivity index (χ0) is 22.2. The Balaban J connectivity index is 1.63. The van der Waals surface area contributed by atoms with Crippen molar-refractivity contribution in [2.24, 2.45) is 0 Å². The second-order valence-electron chi connectivity index (χ2n) is 8.32. The zero-order valence-corrected chi connectivity index (χ0v) is 18.2. The molecule has 1 aliphatic heterocycles. The van der Waals surface area contributed by atoms with E-state index in [9.17, 15) is 20.4 Å². The highest BCUT2D eigenvalue weighted by Gasteiger charge is 2.34. The maximum absolute atomic E-state index is 10.3. The fourth-order valence-electron chi connectivity index (χ4n) is 4.06. The molecule has 0 saturated heterocycles. The fourth-order valence-corrected chi connectivity index (χ4v) is 4.06. The Morgan fingerprint density at radius 3 is 2.26 bits per heavy atom. The summed E-state index contributed by atoms with van der Waals surface area (Å²) in [5.74, 6) is -0.148. The average Bonchev–Trinajstić information content (AvgIpc) is 2.74. The smallest absolute Gasteiger partial charge is 0.157 e. The summed E-state index contributed by atoms with van der Waals surface area (Å²) in [5.41, 5.74) is 1.25. The normalized spacial score (nSPS) is 17.8. The number of rotatable bonds is 11. The van der Waals surface area contributed by atoms with Crippen LogP contribution in [-0.2, 0) is 11.2 Å². The minimum atomic E-state index is -0.533. The molecular weight excluding hydrogens is 396 g/mol. The van der Waals surface area contributed by atoms with Crippen molar-refractivity contribution in [1.29, 1.82) is 0 Å². The lowest BCUT2D eigenvalue weighted by Gasteiger charge is -2.34. The molecule has 2 aromatic carbocycles. The summed E-state index contributed by atoms with van der Waals surface area (Å²) in [5, 5.41) is 39.6. The van der Waals surface area contributed by atoms with E-state index in [0.29, 0.717) is 29.9 Å². The topological polar surface area (TPSA) is 99.4 Å². The van der Waals surface area contributed by atoms with E-state index in [1.165, 1.54) is 62.8 Å². The number of aromatic hydroxyl groups is 4. The predicted octanol–water partition coefficient (Wildman–Crippen LogP) is 5.71. The lowest BCUT2D eigenvalue weighted by Crippen LogP contribution is -2.33. The number of ether oxygens (including phenoxy) is 2. The third-order valence-corrected chi connectivity index (χ3v) is 5.82. The largest absolute Gasteiger partial charge is 0.508 e. The second kappa shape index (κ2) is 11.1. The quantitative estimate of drug-likeness (QED) is 0.269. The van der Waals surface area contributed by atoms with Gasteiger partial charge in [0.2, 0.25) is 0 Å². The number of phenolic OH excluding ortho intramolecular Hbond substituents is 4. The van der Waals surface area contributed by atoms with Gasteiger partial charge in [-0.05, 0) is 24.1 Å². The van der Waals surface area contributed by atoms with Crippen molar-refractivity contribution < 1.29 is 29.9 Å². The molecule has 31 heavy (non-hydrogen) atoms. The molecule has 4 N–H and O–H groups in total. The first-order chi connectivity index (χ1) is 15.0. The molecule has 0 spiro atoms. The molecule has 2 aromatic rings. The first kappa shape index (κ1) is 23.1. The molecular formula is C25H34O6. The highest BCUT2D eigenvalue weighted by atomic mass is 16.5. The van der Waals surface area contributed by atoms with Gasteiger partial charge in [-0.1, -0.05) is 57.9 Å². The standard InChI is InChI=1S/C25H34O6/c1-2-3-4-5-6-7-8-9-12-30-24-16-19-21(28)14-18(26)15-23(19)31-25(24)17-10-11-20(27)22(29)13-17/h10-11,13-15,24-29H,2-9,12,16H2,1H3/t24-,25+/m0/s1. The minimum Gasteiger partial charge on any atom is -0.508 e. The van der Waals surface area contributed by atoms with Crippen LogP contribution in [0.1, 0.15) is 75.5 Å². The molecule has 2 atom stereocenters. The third-order valence-electron chi connectivity index (χ3n) is 5.82. The molecule has 0 aliphatic carbocycles. The van der Waals surface area contributed by atoms with Crippen LogP contribution in [0.3, 0.4) is 0 Å². The Morgan fingerprint density at radius 1 is 0.839 bits per heavy atom. The lowest BCUT2D eigenvalue weighted by molar-refractivity contribution is -0.0393. The van der Waals surface area contributed by atoms with E-state index in [0.717, 1.165) is 12.8 Å². The zero-order valence-electron chi connectivity index (χ0n) is 18.2. The van der Waals surface area contributed by atoms with Crippen LogP contribution in [0.2, 0.25) is 0 Å². The van der Waals surface area contributed by atoms with Gasteiger partial charge in [0.05, 0.1) is 0 Å². The first-order valence-electron chi connectivity index (χ1n) is 11.3. The Bertz CT molecular complexity index is 850. The minimum absolute atomic E-state index is 0.0253. The van der Waals surface area contributed by atoms with E-state index < -0.39 is 6.10 Å². The van der Waals surface area contributed by atoms with Gasteiger partial charge >= 0.3 is 0 Å². The molecule has 0 saturated carbocycles. The van der Waals surface area contributed by atoms with Crippen LogP contribution >= 0.6 is 0 Å². The van der Waals surface area contributed by atoms with E-state index >= 15 is 0 Å². The molecule has 0 unspecified atom stereocenters. The molecule has 1 heterocycles. The highest BCUT2D eigenvalue weighted by molar-refractivity contribution is 5.52. The number of hydrogen-bond acceptors (Lipinski definition) is 6. The van der Waals surface area contributed by atoms with Crippen molar-refractivity contribution in [1.82, 2.24) is 0 Å². The molecule has 0 amide bonds. The van der Waals surface area contributed by atoms with Crippen molar-refractivity contribution in [3.8, 4) is 28.7 Å². The Labute approximate surface area is 184 Å². The maximum Gasteiger partial charge on any atom is 0.157 e. The van der Waals surface area contributed by atoms with E-state index in [-0.39, 0.29) is 29.1 Å². The number of hydrogen-bond donors (Lipinski definition) is 4. The number of benzene rings is 2. The fraction of sp³-hybridized carbons (Fsp3) is 0.520. The van der Waals surface area contributed by atoms with Crippen LogP contribution in [0.15, 0.2) is 30.3 Å². The van der Waals surface area contributed by atoms with Gasteiger partial charge in [0.25, 0.3) is 0 Å². The molecule has 0 radical (unpaired) electrons. The molecule has 0 aromatic heterocycles. The van der Waals surface area contributed by atoms with E-state index in [1.807, 2.05) is 0 Å². The summed E-state index contributed by atoms with van der Waals surface area (Å²) in [6, 6.07) is 7.32. The van der Waals surface area contributed by atoms with E-state index in [1.54, 1.807) is 6.07 Å². The van der Waals surface area contributed by atoms with E-state index in [2.05, 4.69) is 6.92 Å². The average molecular weight is 431 g/mol. The predicted molar refractivity (Wildman–Crippen MR) is 119 cm³/mol. The Morgan fingerprint density at radius 2 is 1.55 bits per heavy atom. The summed E-state index contributed by atoms with van der Waals surface area (Å²) < 4.78 is 12.2. The lowest BCUT2D eigenvalue weighted by atomic mass is 9.93. The summed E-state index contributed by atoms with van der Waals surface area (Å²) in [7, 11) is 0. The summed E-state index contributed by atoms with van der Waals surface area (Å²) in [4.78, 5) is 0. The van der Waals surface area contributed by atoms with Crippen molar-refractivity contribution in [2.45, 2.75) is 76.9 Å². The van der Waals surface area contributed by atoms with Gasteiger partial charge in [0, 0.05) is 30.7 Å². The van der Waals surface area contributed by atoms with Gasteiger partial charge in [0.1, 0.15) is 23.4 Å². The van der Waals surface area contributed by atoms with Crippen molar-refractivity contribution in [2.75, 3.05) is 6.61 Å². The van der Waals surface area contributed by atoms with Gasteiger partial charge < -0.3 is 29.9 Å². The van der Waals surface area contributed by atoms with Crippen LogP contribution in [0.5, 0.6) is 28.7 Å². The van der Waals surface area contributed by atoms with Gasteiger partial charge in [0.15, 0.2) is 17.6 Å². The van der Waals surface area contributed by atoms with Crippen LogP contribution < -0.4 is 4.74 Å². The summed E-state index contributed by atoms with van der Waals surface area (Å²) >= 11 is 0. The number of unbranched alkanes of at least 4 members (excludes halogenated alkanes) is 7.